The molecule has 2 heterocycles. The van der Waals surface area contributed by atoms with Crippen molar-refractivity contribution in [2.45, 2.75) is 37.9 Å². The highest BCUT2D eigenvalue weighted by atomic mass is 16.2. The van der Waals surface area contributed by atoms with Gasteiger partial charge in [-0.15, -0.1) is 12.3 Å². The maximum absolute atomic E-state index is 12.3. The molecule has 0 N–H and O–H groups in total. The number of amides is 1. The smallest absolute Gasteiger partial charge is 0.222 e. The van der Waals surface area contributed by atoms with E-state index in [1.165, 1.54) is 0 Å². The fourth-order valence-corrected chi connectivity index (χ4v) is 2.67. The first kappa shape index (κ1) is 16.9. The van der Waals surface area contributed by atoms with Crippen molar-refractivity contribution in [1.82, 2.24) is 14.7 Å². The van der Waals surface area contributed by atoms with Crippen molar-refractivity contribution in [3.63, 3.8) is 0 Å². The molecule has 128 valence electrons. The summed E-state index contributed by atoms with van der Waals surface area (Å²) in [4.78, 5) is 14.0. The predicted molar refractivity (Wildman–Crippen MR) is 94.9 cm³/mol. The third kappa shape index (κ3) is 4.32. The number of carbonyl (C=O) groups is 1. The molecular weight excluding hydrogens is 314 g/mol. The van der Waals surface area contributed by atoms with Crippen molar-refractivity contribution in [3.8, 4) is 18.0 Å². The van der Waals surface area contributed by atoms with E-state index >= 15 is 0 Å². The van der Waals surface area contributed by atoms with Gasteiger partial charge in [0.25, 0.3) is 0 Å². The summed E-state index contributed by atoms with van der Waals surface area (Å²) in [7, 11) is 1.79. The van der Waals surface area contributed by atoms with E-state index in [1.807, 2.05) is 47.3 Å². The molecule has 2 aromatic rings. The van der Waals surface area contributed by atoms with Gasteiger partial charge >= 0.3 is 0 Å². The van der Waals surface area contributed by atoms with Crippen LogP contribution in [0.1, 0.15) is 31.4 Å². The molecule has 6 heteroatoms. The quantitative estimate of drug-likeness (QED) is 0.696. The van der Waals surface area contributed by atoms with Gasteiger partial charge in [0, 0.05) is 38.9 Å². The van der Waals surface area contributed by atoms with E-state index in [1.54, 1.807) is 11.9 Å². The van der Waals surface area contributed by atoms with E-state index in [2.05, 4.69) is 21.2 Å². The number of terminal acetylenes is 1. The largest absolute Gasteiger partial charge is 0.340 e. The first-order chi connectivity index (χ1) is 12.1. The van der Waals surface area contributed by atoms with Crippen molar-refractivity contribution in [3.05, 3.63) is 48.3 Å². The predicted octanol–water partition coefficient (Wildman–Crippen LogP) is 3.19. The lowest BCUT2D eigenvalue weighted by molar-refractivity contribution is -0.130. The van der Waals surface area contributed by atoms with Crippen LogP contribution in [0.3, 0.4) is 0 Å². The Morgan fingerprint density at radius 2 is 2.00 bits per heavy atom. The van der Waals surface area contributed by atoms with Gasteiger partial charge in [0.2, 0.25) is 5.91 Å². The van der Waals surface area contributed by atoms with E-state index in [4.69, 9.17) is 6.42 Å². The second-order valence-corrected chi connectivity index (χ2v) is 6.22. The van der Waals surface area contributed by atoms with Crippen molar-refractivity contribution in [2.75, 3.05) is 7.05 Å². The average molecular weight is 335 g/mol. The Kier molecular flexibility index (Phi) is 4.94. The molecule has 0 aliphatic carbocycles. The van der Waals surface area contributed by atoms with Gasteiger partial charge in [0.15, 0.2) is 5.66 Å². The summed E-state index contributed by atoms with van der Waals surface area (Å²) in [5.74, 6) is 2.66. The highest BCUT2D eigenvalue weighted by Crippen LogP contribution is 2.37. The van der Waals surface area contributed by atoms with Crippen LogP contribution in [-0.4, -0.2) is 33.3 Å². The number of rotatable bonds is 8. The number of carbonyl (C=O) groups excluding carboxylic acids is 1. The van der Waals surface area contributed by atoms with Gasteiger partial charge in [-0.2, -0.15) is 15.3 Å². The number of benzene rings is 1. The fraction of sp³-hybridized carbons (Fsp3) is 0.368. The maximum atomic E-state index is 12.3. The highest BCUT2D eigenvalue weighted by Gasteiger charge is 2.39. The summed E-state index contributed by atoms with van der Waals surface area (Å²) in [5.41, 5.74) is 1.44. The molecule has 1 amide bonds. The van der Waals surface area contributed by atoms with Gasteiger partial charge in [-0.3, -0.25) is 4.79 Å². The molecule has 1 aliphatic rings. The number of para-hydroxylation sites is 1. The third-order valence-electron chi connectivity index (χ3n) is 4.28. The zero-order chi connectivity index (χ0) is 17.7. The van der Waals surface area contributed by atoms with Gasteiger partial charge in [0.05, 0.1) is 17.9 Å². The fourth-order valence-electron chi connectivity index (χ4n) is 2.67. The van der Waals surface area contributed by atoms with Gasteiger partial charge < -0.3 is 4.90 Å². The molecule has 1 aromatic carbocycles. The Labute approximate surface area is 147 Å². The Morgan fingerprint density at radius 1 is 1.24 bits per heavy atom. The van der Waals surface area contributed by atoms with Crippen LogP contribution in [0.2, 0.25) is 0 Å². The van der Waals surface area contributed by atoms with Gasteiger partial charge in [-0.1, -0.05) is 18.2 Å². The number of aromatic nitrogens is 2. The minimum absolute atomic E-state index is 0.0617. The van der Waals surface area contributed by atoms with E-state index in [0.717, 1.165) is 17.8 Å². The van der Waals surface area contributed by atoms with Crippen molar-refractivity contribution in [1.29, 1.82) is 0 Å². The van der Waals surface area contributed by atoms with E-state index in [0.29, 0.717) is 25.8 Å². The number of hydrogen-bond donors (Lipinski definition) is 0. The van der Waals surface area contributed by atoms with E-state index in [-0.39, 0.29) is 5.91 Å². The topological polar surface area (TPSA) is 62.9 Å². The lowest BCUT2D eigenvalue weighted by Gasteiger charge is -2.17. The first-order valence-corrected chi connectivity index (χ1v) is 8.33. The van der Waals surface area contributed by atoms with E-state index < -0.39 is 5.66 Å². The summed E-state index contributed by atoms with van der Waals surface area (Å²) < 4.78 is 1.81. The average Bonchev–Trinajstić information content (AvgIpc) is 3.27. The normalized spacial score (nSPS) is 14.1. The molecule has 0 saturated carbocycles. The lowest BCUT2D eigenvalue weighted by Crippen LogP contribution is -2.27. The Balaban J connectivity index is 1.50. The maximum Gasteiger partial charge on any atom is 0.222 e. The van der Waals surface area contributed by atoms with Crippen LogP contribution in [0.15, 0.2) is 52.8 Å². The molecular formula is C19H21N5O. The summed E-state index contributed by atoms with van der Waals surface area (Å²) in [5, 5.41) is 12.7. The van der Waals surface area contributed by atoms with Gasteiger partial charge in [0.1, 0.15) is 0 Å². The van der Waals surface area contributed by atoms with Crippen LogP contribution < -0.4 is 0 Å². The van der Waals surface area contributed by atoms with Crippen molar-refractivity contribution < 1.29 is 4.79 Å². The molecule has 6 nitrogen and oxygen atoms in total. The van der Waals surface area contributed by atoms with Gasteiger partial charge in [-0.05, 0) is 18.2 Å². The first-order valence-electron chi connectivity index (χ1n) is 8.33. The Bertz CT molecular complexity index is 797. The summed E-state index contributed by atoms with van der Waals surface area (Å²) in [6.45, 7) is 0.476. The summed E-state index contributed by atoms with van der Waals surface area (Å²) in [6, 6.07) is 11.8. The van der Waals surface area contributed by atoms with Crippen LogP contribution in [-0.2, 0) is 11.3 Å². The van der Waals surface area contributed by atoms with Crippen LogP contribution in [0.4, 0.5) is 0 Å². The highest BCUT2D eigenvalue weighted by molar-refractivity contribution is 5.75. The van der Waals surface area contributed by atoms with Crippen LogP contribution >= 0.6 is 0 Å². The van der Waals surface area contributed by atoms with Crippen LogP contribution in [0.25, 0.3) is 5.69 Å². The molecule has 0 radical (unpaired) electrons. The third-order valence-corrected chi connectivity index (χ3v) is 4.28. The van der Waals surface area contributed by atoms with Crippen LogP contribution in [0.5, 0.6) is 0 Å². The van der Waals surface area contributed by atoms with Gasteiger partial charge in [-0.25, -0.2) is 4.68 Å². The molecule has 3 rings (SSSR count). The molecule has 25 heavy (non-hydrogen) atoms. The standard InChI is InChI=1S/C19H21N5O/c1-3-4-12-19(21-22-19)13-10-18(25)23(2)15-16-11-14-24(20-16)17-8-6-5-7-9-17/h1,5-9,11,14H,4,10,12-13,15H2,2H3. The molecule has 0 atom stereocenters. The molecule has 0 spiro atoms. The lowest BCUT2D eigenvalue weighted by atomic mass is 10.0. The second kappa shape index (κ2) is 7.31. The zero-order valence-electron chi connectivity index (χ0n) is 14.3. The number of nitrogens with zero attached hydrogens (tertiary/aromatic N) is 5. The number of hydrogen-bond acceptors (Lipinski definition) is 4. The summed E-state index contributed by atoms with van der Waals surface area (Å²) >= 11 is 0. The molecule has 1 aliphatic heterocycles. The Morgan fingerprint density at radius 3 is 2.68 bits per heavy atom. The minimum atomic E-state index is -0.405. The van der Waals surface area contributed by atoms with E-state index in [9.17, 15) is 4.79 Å². The second-order valence-electron chi connectivity index (χ2n) is 6.22. The van der Waals surface area contributed by atoms with Crippen molar-refractivity contribution >= 4 is 5.91 Å². The SMILES string of the molecule is C#CCCC1(CCC(=O)N(C)Cc2ccn(-c3ccccc3)n2)N=N1. The molecule has 0 saturated heterocycles. The van der Waals surface area contributed by atoms with Crippen molar-refractivity contribution in [2.24, 2.45) is 10.2 Å². The molecule has 0 bridgehead atoms. The zero-order valence-corrected chi connectivity index (χ0v) is 14.3. The Hall–Kier alpha value is -2.94. The monoisotopic (exact) mass is 335 g/mol. The van der Waals surface area contributed by atoms with Crippen LogP contribution in [0, 0.1) is 12.3 Å². The molecule has 1 aromatic heterocycles. The summed E-state index contributed by atoms with van der Waals surface area (Å²) in [6.07, 6.45) is 9.57. The molecule has 0 unspecified atom stereocenters. The minimum Gasteiger partial charge on any atom is -0.340 e. The molecule has 0 fully saturated rings.